The number of carbonyl (C=O) groups is 1. The maximum atomic E-state index is 12.0. The zero-order valence-electron chi connectivity index (χ0n) is 11.8. The van der Waals surface area contributed by atoms with E-state index in [4.69, 9.17) is 15.2 Å². The summed E-state index contributed by atoms with van der Waals surface area (Å²) < 4.78 is 10.7. The van der Waals surface area contributed by atoms with Crippen molar-refractivity contribution in [2.75, 3.05) is 6.79 Å². The minimum absolute atomic E-state index is 0. The van der Waals surface area contributed by atoms with Crippen LogP contribution in [0.15, 0.2) is 18.2 Å². The molecule has 1 aliphatic rings. The number of hydrogen-bond acceptors (Lipinski definition) is 4. The monoisotopic (exact) mass is 300 g/mol. The fraction of sp³-hybridized carbons (Fsp3) is 0.500. The van der Waals surface area contributed by atoms with E-state index in [2.05, 4.69) is 5.32 Å². The van der Waals surface area contributed by atoms with Gasteiger partial charge >= 0.3 is 0 Å². The molecule has 0 radical (unpaired) electrons. The van der Waals surface area contributed by atoms with Crippen molar-refractivity contribution in [3.05, 3.63) is 23.8 Å². The number of nitrogens with one attached hydrogen (secondary N) is 1. The van der Waals surface area contributed by atoms with Gasteiger partial charge in [-0.1, -0.05) is 25.5 Å². The van der Waals surface area contributed by atoms with Gasteiger partial charge in [-0.15, -0.1) is 12.4 Å². The standard InChI is InChI=1S/C14H20N2O3.ClH/c1-3-7-14(2,15)13(17)16-8-10-5-4-6-11-12(10)19-9-18-11;/h4-6H,3,7-9,15H2,1-2H3,(H,16,17);1H. The minimum atomic E-state index is -0.829. The number of para-hydroxylation sites is 1. The molecule has 5 nitrogen and oxygen atoms in total. The number of halogens is 1. The molecule has 0 saturated carbocycles. The van der Waals surface area contributed by atoms with Crippen molar-refractivity contribution in [3.8, 4) is 11.5 Å². The number of fused-ring (bicyclic) bond motifs is 1. The fourth-order valence-corrected chi connectivity index (χ4v) is 2.14. The highest BCUT2D eigenvalue weighted by Crippen LogP contribution is 2.35. The Hall–Kier alpha value is -1.46. The normalized spacial score (nSPS) is 15.2. The average Bonchev–Trinajstić information content (AvgIpc) is 2.84. The molecule has 112 valence electrons. The Balaban J connectivity index is 0.00000200. The van der Waals surface area contributed by atoms with Crippen LogP contribution < -0.4 is 20.5 Å². The Morgan fingerprint density at radius 3 is 2.90 bits per heavy atom. The SMILES string of the molecule is CCCC(C)(N)C(=O)NCc1cccc2c1OCO2.Cl. The van der Waals surface area contributed by atoms with Crippen LogP contribution in [0.5, 0.6) is 11.5 Å². The average molecular weight is 301 g/mol. The lowest BCUT2D eigenvalue weighted by Gasteiger charge is -2.23. The molecule has 1 amide bonds. The molecule has 3 N–H and O–H groups in total. The Bertz CT molecular complexity index is 477. The van der Waals surface area contributed by atoms with Crippen molar-refractivity contribution in [1.29, 1.82) is 0 Å². The maximum absolute atomic E-state index is 12.0. The molecule has 1 aliphatic heterocycles. The van der Waals surface area contributed by atoms with Crippen molar-refractivity contribution >= 4 is 18.3 Å². The van der Waals surface area contributed by atoms with Crippen LogP contribution in [0.3, 0.4) is 0 Å². The summed E-state index contributed by atoms with van der Waals surface area (Å²) in [5.41, 5.74) is 6.05. The Morgan fingerprint density at radius 1 is 1.45 bits per heavy atom. The first-order valence-electron chi connectivity index (χ1n) is 6.49. The van der Waals surface area contributed by atoms with Crippen molar-refractivity contribution in [1.82, 2.24) is 5.32 Å². The Labute approximate surface area is 125 Å². The molecule has 0 aromatic heterocycles. The van der Waals surface area contributed by atoms with Crippen LogP contribution in [-0.4, -0.2) is 18.2 Å². The van der Waals surface area contributed by atoms with Gasteiger partial charge in [0.25, 0.3) is 0 Å². The van der Waals surface area contributed by atoms with Crippen LogP contribution in [-0.2, 0) is 11.3 Å². The van der Waals surface area contributed by atoms with Crippen LogP contribution in [0.1, 0.15) is 32.3 Å². The number of nitrogens with two attached hydrogens (primary N) is 1. The van der Waals surface area contributed by atoms with Crippen LogP contribution in [0.2, 0.25) is 0 Å². The second-order valence-corrected chi connectivity index (χ2v) is 5.00. The van der Waals surface area contributed by atoms with E-state index in [1.807, 2.05) is 25.1 Å². The summed E-state index contributed by atoms with van der Waals surface area (Å²) in [4.78, 5) is 12.0. The summed E-state index contributed by atoms with van der Waals surface area (Å²) in [5.74, 6) is 1.28. The molecule has 0 saturated heterocycles. The molecule has 1 aromatic rings. The van der Waals surface area contributed by atoms with Crippen LogP contribution in [0.25, 0.3) is 0 Å². The highest BCUT2D eigenvalue weighted by molar-refractivity contribution is 5.85. The molecule has 0 aliphatic carbocycles. The second-order valence-electron chi connectivity index (χ2n) is 5.00. The van der Waals surface area contributed by atoms with Gasteiger partial charge < -0.3 is 20.5 Å². The largest absolute Gasteiger partial charge is 0.454 e. The van der Waals surface area contributed by atoms with Gasteiger partial charge in [0.05, 0.1) is 5.54 Å². The van der Waals surface area contributed by atoms with Gasteiger partial charge in [-0.25, -0.2) is 0 Å². The lowest BCUT2D eigenvalue weighted by molar-refractivity contribution is -0.126. The Kier molecular flexibility index (Phi) is 5.65. The predicted molar refractivity (Wildman–Crippen MR) is 79.2 cm³/mol. The number of benzene rings is 1. The fourth-order valence-electron chi connectivity index (χ4n) is 2.14. The van der Waals surface area contributed by atoms with Crippen molar-refractivity contribution in [2.24, 2.45) is 5.73 Å². The van der Waals surface area contributed by atoms with Gasteiger partial charge in [-0.05, 0) is 19.4 Å². The number of amides is 1. The number of hydrogen-bond donors (Lipinski definition) is 2. The van der Waals surface area contributed by atoms with E-state index >= 15 is 0 Å². The lowest BCUT2D eigenvalue weighted by Crippen LogP contribution is -2.51. The molecule has 1 unspecified atom stereocenters. The molecule has 0 spiro atoms. The molecule has 1 aromatic carbocycles. The number of carbonyl (C=O) groups excluding carboxylic acids is 1. The molecular formula is C14H21ClN2O3. The summed E-state index contributed by atoms with van der Waals surface area (Å²) in [6.07, 6.45) is 1.53. The zero-order valence-corrected chi connectivity index (χ0v) is 12.6. The first kappa shape index (κ1) is 16.6. The smallest absolute Gasteiger partial charge is 0.240 e. The van der Waals surface area contributed by atoms with E-state index < -0.39 is 5.54 Å². The van der Waals surface area contributed by atoms with Gasteiger partial charge in [-0.2, -0.15) is 0 Å². The summed E-state index contributed by atoms with van der Waals surface area (Å²) >= 11 is 0. The van der Waals surface area contributed by atoms with Gasteiger partial charge in [0.15, 0.2) is 11.5 Å². The molecular weight excluding hydrogens is 280 g/mol. The summed E-state index contributed by atoms with van der Waals surface area (Å²) in [6, 6.07) is 5.63. The lowest BCUT2D eigenvalue weighted by atomic mass is 9.96. The van der Waals surface area contributed by atoms with Crippen molar-refractivity contribution in [3.63, 3.8) is 0 Å². The van der Waals surface area contributed by atoms with Gasteiger partial charge in [0.2, 0.25) is 12.7 Å². The Morgan fingerprint density at radius 2 is 2.20 bits per heavy atom. The van der Waals surface area contributed by atoms with Crippen molar-refractivity contribution in [2.45, 2.75) is 38.8 Å². The molecule has 1 atom stereocenters. The first-order valence-corrected chi connectivity index (χ1v) is 6.49. The molecule has 20 heavy (non-hydrogen) atoms. The number of ether oxygens (including phenoxy) is 2. The number of rotatable bonds is 5. The van der Waals surface area contributed by atoms with Crippen LogP contribution in [0.4, 0.5) is 0 Å². The maximum Gasteiger partial charge on any atom is 0.240 e. The highest BCUT2D eigenvalue weighted by Gasteiger charge is 2.27. The van der Waals surface area contributed by atoms with E-state index in [1.54, 1.807) is 6.92 Å². The topological polar surface area (TPSA) is 73.6 Å². The summed E-state index contributed by atoms with van der Waals surface area (Å²) in [7, 11) is 0. The van der Waals surface area contributed by atoms with E-state index in [0.29, 0.717) is 18.7 Å². The second kappa shape index (κ2) is 6.81. The van der Waals surface area contributed by atoms with Gasteiger partial charge in [-0.3, -0.25) is 4.79 Å². The van der Waals surface area contributed by atoms with E-state index in [9.17, 15) is 4.79 Å². The van der Waals surface area contributed by atoms with E-state index in [-0.39, 0.29) is 25.1 Å². The summed E-state index contributed by atoms with van der Waals surface area (Å²) in [5, 5.41) is 2.85. The van der Waals surface area contributed by atoms with Gasteiger partial charge in [0, 0.05) is 12.1 Å². The van der Waals surface area contributed by atoms with Crippen LogP contribution in [0, 0.1) is 0 Å². The third kappa shape index (κ3) is 3.55. The predicted octanol–water partition coefficient (Wildman–Crippen LogP) is 1.97. The van der Waals surface area contributed by atoms with E-state index in [0.717, 1.165) is 17.7 Å². The summed E-state index contributed by atoms with van der Waals surface area (Å²) in [6.45, 7) is 4.38. The molecule has 1 heterocycles. The zero-order chi connectivity index (χ0) is 13.9. The first-order chi connectivity index (χ1) is 9.04. The molecule has 2 rings (SSSR count). The van der Waals surface area contributed by atoms with Crippen molar-refractivity contribution < 1.29 is 14.3 Å². The third-order valence-corrected chi connectivity index (χ3v) is 3.21. The highest BCUT2D eigenvalue weighted by atomic mass is 35.5. The quantitative estimate of drug-likeness (QED) is 0.872. The molecule has 6 heteroatoms. The molecule has 0 fully saturated rings. The van der Waals surface area contributed by atoms with Gasteiger partial charge in [0.1, 0.15) is 0 Å². The molecule has 0 bridgehead atoms. The van der Waals surface area contributed by atoms with Crippen LogP contribution >= 0.6 is 12.4 Å². The minimum Gasteiger partial charge on any atom is -0.454 e. The van der Waals surface area contributed by atoms with E-state index in [1.165, 1.54) is 0 Å². The third-order valence-electron chi connectivity index (χ3n) is 3.21.